The summed E-state index contributed by atoms with van der Waals surface area (Å²) in [6.45, 7) is 2.36. The average Bonchev–Trinajstić information content (AvgIpc) is 2.80. The molecule has 0 unspecified atom stereocenters. The van der Waals surface area contributed by atoms with E-state index in [9.17, 15) is 8.42 Å². The summed E-state index contributed by atoms with van der Waals surface area (Å²) in [5.74, 6) is 0.405. The first-order valence-electron chi connectivity index (χ1n) is 6.86. The maximum atomic E-state index is 12.2. The minimum absolute atomic E-state index is 0.166. The Labute approximate surface area is 120 Å². The van der Waals surface area contributed by atoms with Crippen molar-refractivity contribution < 1.29 is 13.5 Å². The van der Waals surface area contributed by atoms with Crippen molar-refractivity contribution in [2.45, 2.75) is 24.3 Å². The summed E-state index contributed by atoms with van der Waals surface area (Å²) in [7, 11) is 0.327. The van der Waals surface area contributed by atoms with Gasteiger partial charge in [-0.15, -0.1) is 0 Å². The molecule has 1 aromatic heterocycles. The molecule has 0 aromatic carbocycles. The van der Waals surface area contributed by atoms with Crippen molar-refractivity contribution >= 4 is 10.0 Å². The van der Waals surface area contributed by atoms with Gasteiger partial charge in [0.05, 0.1) is 11.5 Å². The van der Waals surface area contributed by atoms with Crippen LogP contribution in [0.25, 0.3) is 0 Å². The number of aliphatic hydroxyl groups is 1. The molecule has 0 spiro atoms. The molecule has 20 heavy (non-hydrogen) atoms. The second-order valence-electron chi connectivity index (χ2n) is 5.53. The van der Waals surface area contributed by atoms with Crippen LogP contribution in [0, 0.1) is 5.92 Å². The Morgan fingerprint density at radius 1 is 1.35 bits per heavy atom. The molecule has 2 N–H and O–H groups in total. The number of aliphatic hydroxyl groups excluding tert-OH is 1. The fourth-order valence-electron chi connectivity index (χ4n) is 2.46. The fourth-order valence-corrected chi connectivity index (χ4v) is 3.67. The third-order valence-corrected chi connectivity index (χ3v) is 5.35. The normalized spacial score (nSPS) is 18.6. The van der Waals surface area contributed by atoms with E-state index in [1.165, 1.54) is 12.3 Å². The van der Waals surface area contributed by atoms with E-state index in [2.05, 4.69) is 16.7 Å². The van der Waals surface area contributed by atoms with Gasteiger partial charge in [-0.1, -0.05) is 0 Å². The van der Waals surface area contributed by atoms with E-state index < -0.39 is 10.0 Å². The smallest absolute Gasteiger partial charge is 0.242 e. The van der Waals surface area contributed by atoms with Crippen molar-refractivity contribution in [2.75, 3.05) is 26.7 Å². The standard InChI is InChI=1S/C13H23N3O3S/c1-15-5-3-11(4-6-15)8-14-20(18,19)13-7-12(10-17)16(2)9-13/h7,9,11,14,17H,3-6,8,10H2,1-2H3. The molecule has 0 radical (unpaired) electrons. The van der Waals surface area contributed by atoms with Crippen molar-refractivity contribution in [3.63, 3.8) is 0 Å². The van der Waals surface area contributed by atoms with Gasteiger partial charge in [0.1, 0.15) is 0 Å². The van der Waals surface area contributed by atoms with Crippen LogP contribution in [0.5, 0.6) is 0 Å². The van der Waals surface area contributed by atoms with E-state index in [1.54, 1.807) is 11.6 Å². The van der Waals surface area contributed by atoms with E-state index in [0.717, 1.165) is 25.9 Å². The lowest BCUT2D eigenvalue weighted by Gasteiger charge is -2.28. The lowest BCUT2D eigenvalue weighted by Crippen LogP contribution is -2.36. The van der Waals surface area contributed by atoms with Crippen LogP contribution in [0.15, 0.2) is 17.2 Å². The number of hydrogen-bond acceptors (Lipinski definition) is 4. The Morgan fingerprint density at radius 3 is 2.55 bits per heavy atom. The highest BCUT2D eigenvalue weighted by Gasteiger charge is 2.21. The predicted octanol–water partition coefficient (Wildman–Crippen LogP) is 0.138. The summed E-state index contributed by atoms with van der Waals surface area (Å²) in [6.07, 6.45) is 3.58. The lowest BCUT2D eigenvalue weighted by atomic mass is 9.98. The molecule has 1 aromatic rings. The summed E-state index contributed by atoms with van der Waals surface area (Å²) in [5, 5.41) is 9.12. The summed E-state index contributed by atoms with van der Waals surface area (Å²) >= 11 is 0. The molecule has 2 rings (SSSR count). The Kier molecular flexibility index (Phi) is 4.85. The third kappa shape index (κ3) is 3.60. The molecule has 0 bridgehead atoms. The Morgan fingerprint density at radius 2 is 2.00 bits per heavy atom. The van der Waals surface area contributed by atoms with Crippen molar-refractivity contribution in [3.05, 3.63) is 18.0 Å². The minimum atomic E-state index is -3.48. The fraction of sp³-hybridized carbons (Fsp3) is 0.692. The molecule has 1 saturated heterocycles. The number of piperidine rings is 1. The molecule has 0 saturated carbocycles. The van der Waals surface area contributed by atoms with E-state index in [1.807, 2.05) is 0 Å². The molecule has 2 heterocycles. The van der Waals surface area contributed by atoms with Crippen LogP contribution < -0.4 is 4.72 Å². The summed E-state index contributed by atoms with van der Waals surface area (Å²) in [5.41, 5.74) is 0.588. The van der Waals surface area contributed by atoms with Gasteiger partial charge in [-0.25, -0.2) is 13.1 Å². The lowest BCUT2D eigenvalue weighted by molar-refractivity contribution is 0.220. The SMILES string of the molecule is CN1CCC(CNS(=O)(=O)c2cc(CO)n(C)c2)CC1. The van der Waals surface area contributed by atoms with Gasteiger partial charge in [-0.2, -0.15) is 0 Å². The van der Waals surface area contributed by atoms with Gasteiger partial charge in [0.15, 0.2) is 0 Å². The molecule has 1 aliphatic heterocycles. The van der Waals surface area contributed by atoms with E-state index in [-0.39, 0.29) is 11.5 Å². The number of nitrogens with one attached hydrogen (secondary N) is 1. The van der Waals surface area contributed by atoms with E-state index in [0.29, 0.717) is 18.2 Å². The van der Waals surface area contributed by atoms with Crippen LogP contribution in [0.3, 0.4) is 0 Å². The van der Waals surface area contributed by atoms with Crippen LogP contribution in [0.2, 0.25) is 0 Å². The van der Waals surface area contributed by atoms with Crippen molar-refractivity contribution in [1.82, 2.24) is 14.2 Å². The van der Waals surface area contributed by atoms with Crippen LogP contribution in [-0.4, -0.2) is 49.7 Å². The van der Waals surface area contributed by atoms with Gasteiger partial charge in [-0.3, -0.25) is 0 Å². The molecule has 0 amide bonds. The number of rotatable bonds is 5. The molecular weight excluding hydrogens is 278 g/mol. The first-order valence-corrected chi connectivity index (χ1v) is 8.35. The van der Waals surface area contributed by atoms with Crippen LogP contribution in [0.4, 0.5) is 0 Å². The second kappa shape index (κ2) is 6.26. The van der Waals surface area contributed by atoms with Crippen LogP contribution >= 0.6 is 0 Å². The minimum Gasteiger partial charge on any atom is -0.390 e. The molecule has 7 heteroatoms. The zero-order valence-corrected chi connectivity index (χ0v) is 12.9. The Bertz CT molecular complexity index is 545. The zero-order valence-electron chi connectivity index (χ0n) is 12.0. The van der Waals surface area contributed by atoms with Crippen molar-refractivity contribution in [3.8, 4) is 0 Å². The number of likely N-dealkylation sites (tertiary alicyclic amines) is 1. The molecule has 114 valence electrons. The summed E-state index contributed by atoms with van der Waals surface area (Å²) in [6, 6.07) is 1.51. The zero-order chi connectivity index (χ0) is 14.8. The van der Waals surface area contributed by atoms with Crippen molar-refractivity contribution in [1.29, 1.82) is 0 Å². The Balaban J connectivity index is 1.96. The maximum absolute atomic E-state index is 12.2. The molecule has 0 aliphatic carbocycles. The highest BCUT2D eigenvalue weighted by Crippen LogP contribution is 2.17. The van der Waals surface area contributed by atoms with Crippen LogP contribution in [-0.2, 0) is 23.7 Å². The topological polar surface area (TPSA) is 74.6 Å². The molecule has 6 nitrogen and oxygen atoms in total. The second-order valence-corrected chi connectivity index (χ2v) is 7.30. The first kappa shape index (κ1) is 15.5. The summed E-state index contributed by atoms with van der Waals surface area (Å²) in [4.78, 5) is 2.48. The first-order chi connectivity index (χ1) is 9.42. The number of aromatic nitrogens is 1. The molecule has 1 aliphatic rings. The predicted molar refractivity (Wildman–Crippen MR) is 76.7 cm³/mol. The van der Waals surface area contributed by atoms with Gasteiger partial charge >= 0.3 is 0 Å². The number of sulfonamides is 1. The highest BCUT2D eigenvalue weighted by atomic mass is 32.2. The van der Waals surface area contributed by atoms with Gasteiger partial charge in [0.2, 0.25) is 10.0 Å². The van der Waals surface area contributed by atoms with Gasteiger partial charge in [0.25, 0.3) is 0 Å². The number of hydrogen-bond donors (Lipinski definition) is 2. The maximum Gasteiger partial charge on any atom is 0.242 e. The van der Waals surface area contributed by atoms with Gasteiger partial charge < -0.3 is 14.6 Å². The molecule has 1 fully saturated rings. The molecule has 0 atom stereocenters. The van der Waals surface area contributed by atoms with Crippen LogP contribution in [0.1, 0.15) is 18.5 Å². The number of aryl methyl sites for hydroxylation is 1. The Hall–Kier alpha value is -0.890. The quantitative estimate of drug-likeness (QED) is 0.811. The van der Waals surface area contributed by atoms with E-state index in [4.69, 9.17) is 5.11 Å². The van der Waals surface area contributed by atoms with Gasteiger partial charge in [-0.05, 0) is 45.0 Å². The highest BCUT2D eigenvalue weighted by molar-refractivity contribution is 7.89. The van der Waals surface area contributed by atoms with Crippen molar-refractivity contribution in [2.24, 2.45) is 13.0 Å². The summed E-state index contributed by atoms with van der Waals surface area (Å²) < 4.78 is 28.7. The monoisotopic (exact) mass is 301 g/mol. The molecular formula is C13H23N3O3S. The third-order valence-electron chi connectivity index (χ3n) is 3.96. The number of nitrogens with zero attached hydrogens (tertiary/aromatic N) is 2. The van der Waals surface area contributed by atoms with E-state index >= 15 is 0 Å². The average molecular weight is 301 g/mol. The largest absolute Gasteiger partial charge is 0.390 e. The van der Waals surface area contributed by atoms with Gasteiger partial charge in [0, 0.05) is 25.5 Å².